The predicted molar refractivity (Wildman–Crippen MR) is 93.9 cm³/mol. The number of nitrogens with zero attached hydrogens (tertiary/aromatic N) is 5. The molecule has 25 heavy (non-hydrogen) atoms. The Morgan fingerprint density at radius 2 is 1.60 bits per heavy atom. The zero-order valence-electron chi connectivity index (χ0n) is 15.7. The van der Waals surface area contributed by atoms with E-state index in [2.05, 4.69) is 14.8 Å². The van der Waals surface area contributed by atoms with Crippen molar-refractivity contribution in [1.29, 1.82) is 0 Å². The normalized spacial score (nSPS) is 21.0. The largest absolute Gasteiger partial charge is 0.342 e. The van der Waals surface area contributed by atoms with Crippen LogP contribution in [-0.2, 0) is 22.6 Å². The Morgan fingerprint density at radius 1 is 0.920 bits per heavy atom. The van der Waals surface area contributed by atoms with Gasteiger partial charge < -0.3 is 14.4 Å². The maximum Gasteiger partial charge on any atom is 0.225 e. The summed E-state index contributed by atoms with van der Waals surface area (Å²) in [6.07, 6.45) is 1.68. The number of aromatic nitrogens is 3. The lowest BCUT2D eigenvalue weighted by molar-refractivity contribution is -0.134. The van der Waals surface area contributed by atoms with Crippen LogP contribution in [-0.4, -0.2) is 62.6 Å². The van der Waals surface area contributed by atoms with Gasteiger partial charge in [-0.3, -0.25) is 9.59 Å². The number of likely N-dealkylation sites (tertiary alicyclic amines) is 1. The first-order valence-corrected chi connectivity index (χ1v) is 9.38. The first kappa shape index (κ1) is 17.9. The van der Waals surface area contributed by atoms with Crippen LogP contribution in [0.1, 0.15) is 51.7 Å². The van der Waals surface area contributed by atoms with Crippen LogP contribution in [0.5, 0.6) is 0 Å². The number of carbonyl (C=O) groups excluding carboxylic acids is 2. The minimum absolute atomic E-state index is 0.0217. The Labute approximate surface area is 149 Å². The molecule has 3 heterocycles. The van der Waals surface area contributed by atoms with Crippen molar-refractivity contribution in [3.63, 3.8) is 0 Å². The summed E-state index contributed by atoms with van der Waals surface area (Å²) in [5.41, 5.74) is 0. The first-order valence-electron chi connectivity index (χ1n) is 9.38. The Bertz CT molecular complexity index is 652. The van der Waals surface area contributed by atoms with Gasteiger partial charge >= 0.3 is 0 Å². The van der Waals surface area contributed by atoms with Gasteiger partial charge in [-0.2, -0.15) is 0 Å². The zero-order valence-corrected chi connectivity index (χ0v) is 15.7. The smallest absolute Gasteiger partial charge is 0.225 e. The van der Waals surface area contributed by atoms with E-state index in [0.717, 1.165) is 44.1 Å². The van der Waals surface area contributed by atoms with Crippen molar-refractivity contribution in [3.8, 4) is 0 Å². The summed E-state index contributed by atoms with van der Waals surface area (Å²) in [4.78, 5) is 28.4. The second kappa shape index (κ2) is 7.14. The summed E-state index contributed by atoms with van der Waals surface area (Å²) in [6.45, 7) is 11.4. The predicted octanol–water partition coefficient (Wildman–Crippen LogP) is 1.29. The fourth-order valence-corrected chi connectivity index (χ4v) is 3.77. The molecule has 138 valence electrons. The van der Waals surface area contributed by atoms with Crippen LogP contribution in [0.25, 0.3) is 0 Å². The minimum atomic E-state index is 0.0217. The lowest BCUT2D eigenvalue weighted by Gasteiger charge is -2.22. The highest BCUT2D eigenvalue weighted by molar-refractivity contribution is 5.78. The van der Waals surface area contributed by atoms with E-state index in [4.69, 9.17) is 0 Å². The van der Waals surface area contributed by atoms with Crippen LogP contribution in [0.4, 0.5) is 0 Å². The Hall–Kier alpha value is -1.92. The Kier molecular flexibility index (Phi) is 5.11. The average Bonchev–Trinajstić information content (AvgIpc) is 3.15. The van der Waals surface area contributed by atoms with Gasteiger partial charge in [-0.15, -0.1) is 10.2 Å². The molecule has 3 rings (SSSR count). The van der Waals surface area contributed by atoms with Crippen molar-refractivity contribution >= 4 is 11.8 Å². The van der Waals surface area contributed by atoms with Crippen molar-refractivity contribution < 1.29 is 9.59 Å². The highest BCUT2D eigenvalue weighted by atomic mass is 16.2. The van der Waals surface area contributed by atoms with E-state index >= 15 is 0 Å². The summed E-state index contributed by atoms with van der Waals surface area (Å²) >= 11 is 0. The van der Waals surface area contributed by atoms with Crippen LogP contribution in [0, 0.1) is 11.8 Å². The van der Waals surface area contributed by atoms with E-state index in [1.54, 1.807) is 0 Å². The minimum Gasteiger partial charge on any atom is -0.342 e. The van der Waals surface area contributed by atoms with Crippen molar-refractivity contribution in [3.05, 3.63) is 11.6 Å². The summed E-state index contributed by atoms with van der Waals surface area (Å²) in [5, 5.41) is 8.81. The van der Waals surface area contributed by atoms with Gasteiger partial charge in [0, 0.05) is 56.9 Å². The number of fused-ring (bicyclic) bond motifs is 1. The molecule has 1 aromatic heterocycles. The fraction of sp³-hybridized carbons (Fsp3) is 0.778. The molecular weight excluding hydrogens is 318 g/mol. The number of rotatable bonds is 3. The topological polar surface area (TPSA) is 71.3 Å². The van der Waals surface area contributed by atoms with Gasteiger partial charge in [0.05, 0.1) is 0 Å². The highest BCUT2D eigenvalue weighted by Gasteiger charge is 2.33. The molecule has 2 aliphatic rings. The van der Waals surface area contributed by atoms with Crippen molar-refractivity contribution in [2.45, 2.75) is 53.0 Å². The number of hydrogen-bond donors (Lipinski definition) is 0. The van der Waals surface area contributed by atoms with Crippen LogP contribution < -0.4 is 0 Å². The van der Waals surface area contributed by atoms with Gasteiger partial charge in [0.15, 0.2) is 0 Å². The zero-order chi connectivity index (χ0) is 18.1. The lowest BCUT2D eigenvalue weighted by Crippen LogP contribution is -2.36. The standard InChI is InChI=1S/C18H29N5O2/c1-12(2)17(24)21-8-6-15-19-20-16(23(15)10-9-21)14-5-7-22(11-14)18(25)13(3)4/h12-14H,5-11H2,1-4H3. The maximum absolute atomic E-state index is 12.3. The molecule has 0 saturated carbocycles. The van der Waals surface area contributed by atoms with Gasteiger partial charge in [-0.1, -0.05) is 27.7 Å². The van der Waals surface area contributed by atoms with Gasteiger partial charge in [0.2, 0.25) is 11.8 Å². The monoisotopic (exact) mass is 347 g/mol. The molecule has 0 aromatic carbocycles. The van der Waals surface area contributed by atoms with Gasteiger partial charge in [0.1, 0.15) is 11.6 Å². The SMILES string of the molecule is CC(C)C(=O)N1CCc2nnc(C3CCN(C(=O)C(C)C)C3)n2CC1. The quantitative estimate of drug-likeness (QED) is 0.826. The third-order valence-electron chi connectivity index (χ3n) is 5.22. The van der Waals surface area contributed by atoms with Gasteiger partial charge in [0.25, 0.3) is 0 Å². The molecule has 1 atom stereocenters. The van der Waals surface area contributed by atoms with Crippen molar-refractivity contribution in [2.75, 3.05) is 26.2 Å². The molecular formula is C18H29N5O2. The molecule has 0 spiro atoms. The van der Waals surface area contributed by atoms with Gasteiger partial charge in [-0.25, -0.2) is 0 Å². The third kappa shape index (κ3) is 3.55. The van der Waals surface area contributed by atoms with Crippen molar-refractivity contribution in [1.82, 2.24) is 24.6 Å². The molecule has 7 heteroatoms. The third-order valence-corrected chi connectivity index (χ3v) is 5.22. The molecule has 0 bridgehead atoms. The van der Waals surface area contributed by atoms with E-state index in [0.29, 0.717) is 13.1 Å². The highest BCUT2D eigenvalue weighted by Crippen LogP contribution is 2.28. The molecule has 2 aliphatic heterocycles. The summed E-state index contributed by atoms with van der Waals surface area (Å²) in [6, 6.07) is 0. The lowest BCUT2D eigenvalue weighted by atomic mass is 10.1. The molecule has 0 aliphatic carbocycles. The van der Waals surface area contributed by atoms with Crippen LogP contribution in [0.15, 0.2) is 0 Å². The van der Waals surface area contributed by atoms with Gasteiger partial charge in [-0.05, 0) is 6.42 Å². The Morgan fingerprint density at radius 3 is 2.28 bits per heavy atom. The second-order valence-electron chi connectivity index (χ2n) is 7.78. The van der Waals surface area contributed by atoms with Crippen LogP contribution in [0.2, 0.25) is 0 Å². The summed E-state index contributed by atoms with van der Waals surface area (Å²) in [7, 11) is 0. The average molecular weight is 347 g/mol. The molecule has 7 nitrogen and oxygen atoms in total. The molecule has 1 unspecified atom stereocenters. The molecule has 1 aromatic rings. The molecule has 1 saturated heterocycles. The number of carbonyl (C=O) groups is 2. The molecule has 1 fully saturated rings. The van der Waals surface area contributed by atoms with E-state index in [1.165, 1.54) is 0 Å². The molecule has 0 radical (unpaired) electrons. The second-order valence-corrected chi connectivity index (χ2v) is 7.78. The maximum atomic E-state index is 12.3. The van der Waals surface area contributed by atoms with Crippen LogP contribution >= 0.6 is 0 Å². The first-order chi connectivity index (χ1) is 11.9. The molecule has 0 N–H and O–H groups in total. The van der Waals surface area contributed by atoms with E-state index in [9.17, 15) is 9.59 Å². The Balaban J connectivity index is 1.71. The van der Waals surface area contributed by atoms with E-state index in [1.807, 2.05) is 37.5 Å². The van der Waals surface area contributed by atoms with E-state index in [-0.39, 0.29) is 29.6 Å². The molecule has 2 amide bonds. The fourth-order valence-electron chi connectivity index (χ4n) is 3.77. The van der Waals surface area contributed by atoms with Crippen LogP contribution in [0.3, 0.4) is 0 Å². The number of hydrogen-bond acceptors (Lipinski definition) is 4. The van der Waals surface area contributed by atoms with E-state index < -0.39 is 0 Å². The number of amides is 2. The summed E-state index contributed by atoms with van der Waals surface area (Å²) in [5.74, 6) is 2.66. The van der Waals surface area contributed by atoms with Crippen molar-refractivity contribution in [2.24, 2.45) is 11.8 Å². The summed E-state index contributed by atoms with van der Waals surface area (Å²) < 4.78 is 2.18.